The van der Waals surface area contributed by atoms with Crippen molar-refractivity contribution in [3.8, 4) is 0 Å². The van der Waals surface area contributed by atoms with Crippen molar-refractivity contribution in [2.24, 2.45) is 0 Å². The summed E-state index contributed by atoms with van der Waals surface area (Å²) < 4.78 is 0. The Bertz CT molecular complexity index is 128. The molecule has 0 saturated carbocycles. The normalized spacial score (nSPS) is 13.9. The number of nitrogens with one attached hydrogen (secondary N) is 1. The molecule has 0 fully saturated rings. The number of hydrogen-bond acceptors (Lipinski definition) is 3. The summed E-state index contributed by atoms with van der Waals surface area (Å²) in [6, 6.07) is 0.775. The summed E-state index contributed by atoms with van der Waals surface area (Å²) in [6.45, 7) is 11.9. The lowest BCUT2D eigenvalue weighted by molar-refractivity contribution is 0.158. The molecule has 14 heavy (non-hydrogen) atoms. The Hall–Kier alpha value is -0.120. The fourth-order valence-electron chi connectivity index (χ4n) is 1.61. The molecule has 0 aromatic carbocycles. The van der Waals surface area contributed by atoms with Gasteiger partial charge in [-0.05, 0) is 33.4 Å². The molecular weight excluding hydrogens is 176 g/mol. The number of likely N-dealkylation sites (N-methyl/N-ethyl adjacent to an activating group) is 1. The molecule has 3 heteroatoms. The zero-order valence-electron chi connectivity index (χ0n) is 10.1. The van der Waals surface area contributed by atoms with E-state index < -0.39 is 0 Å². The van der Waals surface area contributed by atoms with E-state index in [4.69, 9.17) is 5.11 Å². The molecule has 0 heterocycles. The molecule has 0 saturated heterocycles. The quantitative estimate of drug-likeness (QED) is 0.618. The predicted molar refractivity (Wildman–Crippen MR) is 61.6 cm³/mol. The predicted octanol–water partition coefficient (Wildman–Crippen LogP) is 1.08. The first-order valence-corrected chi connectivity index (χ1v) is 5.73. The van der Waals surface area contributed by atoms with Gasteiger partial charge >= 0.3 is 0 Å². The molecule has 3 nitrogen and oxygen atoms in total. The van der Waals surface area contributed by atoms with Crippen molar-refractivity contribution in [3.05, 3.63) is 0 Å². The van der Waals surface area contributed by atoms with Crippen molar-refractivity contribution >= 4 is 0 Å². The second-order valence-corrected chi connectivity index (χ2v) is 4.03. The van der Waals surface area contributed by atoms with E-state index in [-0.39, 0.29) is 12.6 Å². The van der Waals surface area contributed by atoms with E-state index in [1.54, 1.807) is 0 Å². The molecular formula is C11H26N2O. The Morgan fingerprint density at radius 3 is 2.29 bits per heavy atom. The highest BCUT2D eigenvalue weighted by Gasteiger charge is 2.14. The first-order valence-electron chi connectivity index (χ1n) is 5.73. The van der Waals surface area contributed by atoms with E-state index in [9.17, 15) is 0 Å². The molecule has 0 radical (unpaired) electrons. The van der Waals surface area contributed by atoms with Crippen molar-refractivity contribution in [2.75, 3.05) is 26.2 Å². The first-order chi connectivity index (χ1) is 6.65. The van der Waals surface area contributed by atoms with E-state index in [1.165, 1.54) is 6.42 Å². The third-order valence-corrected chi connectivity index (χ3v) is 2.41. The Labute approximate surface area is 88.5 Å². The highest BCUT2D eigenvalue weighted by molar-refractivity contribution is 4.72. The van der Waals surface area contributed by atoms with E-state index in [0.29, 0.717) is 6.04 Å². The fraction of sp³-hybridized carbons (Fsp3) is 1.00. The van der Waals surface area contributed by atoms with E-state index in [2.05, 4.69) is 37.9 Å². The van der Waals surface area contributed by atoms with Crippen molar-refractivity contribution in [3.63, 3.8) is 0 Å². The molecule has 86 valence electrons. The lowest BCUT2D eigenvalue weighted by Crippen LogP contribution is -2.46. The highest BCUT2D eigenvalue weighted by atomic mass is 16.3. The molecule has 0 aliphatic heterocycles. The second-order valence-electron chi connectivity index (χ2n) is 4.03. The summed E-state index contributed by atoms with van der Waals surface area (Å²) in [6.07, 6.45) is 1.17. The van der Waals surface area contributed by atoms with Gasteiger partial charge in [-0.25, -0.2) is 0 Å². The zero-order valence-corrected chi connectivity index (χ0v) is 10.1. The van der Waals surface area contributed by atoms with Crippen molar-refractivity contribution in [1.29, 1.82) is 0 Å². The molecule has 1 unspecified atom stereocenters. The maximum Gasteiger partial charge on any atom is 0.0597 e. The van der Waals surface area contributed by atoms with E-state index in [1.807, 2.05) is 0 Å². The van der Waals surface area contributed by atoms with Crippen LogP contribution in [-0.4, -0.2) is 48.3 Å². The Kier molecular flexibility index (Phi) is 8.14. The number of aliphatic hydroxyl groups is 1. The van der Waals surface area contributed by atoms with Gasteiger partial charge in [-0.1, -0.05) is 13.8 Å². The molecule has 0 rings (SSSR count). The van der Waals surface area contributed by atoms with Gasteiger partial charge < -0.3 is 10.4 Å². The van der Waals surface area contributed by atoms with Gasteiger partial charge in [0, 0.05) is 18.6 Å². The Morgan fingerprint density at radius 1 is 1.29 bits per heavy atom. The summed E-state index contributed by atoms with van der Waals surface area (Å²) in [5, 5.41) is 12.5. The largest absolute Gasteiger partial charge is 0.395 e. The van der Waals surface area contributed by atoms with Gasteiger partial charge in [0.25, 0.3) is 0 Å². The van der Waals surface area contributed by atoms with Crippen LogP contribution in [-0.2, 0) is 0 Å². The second kappa shape index (κ2) is 8.21. The smallest absolute Gasteiger partial charge is 0.0597 e. The topological polar surface area (TPSA) is 35.5 Å². The van der Waals surface area contributed by atoms with Gasteiger partial charge in [0.15, 0.2) is 0 Å². The van der Waals surface area contributed by atoms with Crippen LogP contribution in [0.25, 0.3) is 0 Å². The average molecular weight is 202 g/mol. The maximum atomic E-state index is 9.17. The van der Waals surface area contributed by atoms with Gasteiger partial charge in [-0.2, -0.15) is 0 Å². The minimum atomic E-state index is 0.217. The third-order valence-electron chi connectivity index (χ3n) is 2.41. The van der Waals surface area contributed by atoms with Gasteiger partial charge in [0.1, 0.15) is 0 Å². The summed E-state index contributed by atoms with van der Waals surface area (Å²) in [5.41, 5.74) is 0. The van der Waals surface area contributed by atoms with Gasteiger partial charge in [0.2, 0.25) is 0 Å². The number of nitrogens with zero attached hydrogens (tertiary/aromatic N) is 1. The zero-order chi connectivity index (χ0) is 11.0. The van der Waals surface area contributed by atoms with Crippen LogP contribution >= 0.6 is 0 Å². The number of rotatable bonds is 8. The minimum Gasteiger partial charge on any atom is -0.395 e. The molecule has 0 aliphatic carbocycles. The molecule has 2 N–H and O–H groups in total. The van der Waals surface area contributed by atoms with Crippen LogP contribution < -0.4 is 5.32 Å². The standard InChI is InChI=1S/C11H26N2O/c1-5-7-13(10(3)4)8-11(9-14)12-6-2/h10-12,14H,5-9H2,1-4H3. The Balaban J connectivity index is 3.97. The first kappa shape index (κ1) is 13.9. The van der Waals surface area contributed by atoms with Crippen molar-refractivity contribution in [2.45, 2.75) is 46.2 Å². The van der Waals surface area contributed by atoms with Crippen LogP contribution in [0.3, 0.4) is 0 Å². The SMILES string of the molecule is CCCN(CC(CO)NCC)C(C)C. The number of hydrogen-bond donors (Lipinski definition) is 2. The van der Waals surface area contributed by atoms with Crippen LogP contribution in [0.4, 0.5) is 0 Å². The van der Waals surface area contributed by atoms with Crippen LogP contribution in [0.15, 0.2) is 0 Å². The summed E-state index contributed by atoms with van der Waals surface area (Å²) in [7, 11) is 0. The number of aliphatic hydroxyl groups excluding tert-OH is 1. The lowest BCUT2D eigenvalue weighted by atomic mass is 10.2. The minimum absolute atomic E-state index is 0.217. The van der Waals surface area contributed by atoms with E-state index >= 15 is 0 Å². The monoisotopic (exact) mass is 202 g/mol. The van der Waals surface area contributed by atoms with Crippen LogP contribution in [0.5, 0.6) is 0 Å². The van der Waals surface area contributed by atoms with Crippen LogP contribution in [0.2, 0.25) is 0 Å². The summed E-state index contributed by atoms with van der Waals surface area (Å²) in [5.74, 6) is 0. The lowest BCUT2D eigenvalue weighted by Gasteiger charge is -2.29. The molecule has 1 atom stereocenters. The molecule has 0 aliphatic rings. The highest BCUT2D eigenvalue weighted by Crippen LogP contribution is 2.01. The molecule has 0 aromatic heterocycles. The van der Waals surface area contributed by atoms with Gasteiger partial charge in [-0.15, -0.1) is 0 Å². The molecule has 0 bridgehead atoms. The molecule has 0 amide bonds. The third kappa shape index (κ3) is 5.58. The van der Waals surface area contributed by atoms with Gasteiger partial charge in [0.05, 0.1) is 6.61 Å². The summed E-state index contributed by atoms with van der Waals surface area (Å²) >= 11 is 0. The molecule has 0 aromatic rings. The Morgan fingerprint density at radius 2 is 1.93 bits per heavy atom. The average Bonchev–Trinajstić information content (AvgIpc) is 2.15. The van der Waals surface area contributed by atoms with Gasteiger partial charge in [-0.3, -0.25) is 4.90 Å². The van der Waals surface area contributed by atoms with Crippen LogP contribution in [0, 0.1) is 0 Å². The maximum absolute atomic E-state index is 9.17. The van der Waals surface area contributed by atoms with Crippen molar-refractivity contribution < 1.29 is 5.11 Å². The fourth-order valence-corrected chi connectivity index (χ4v) is 1.61. The summed E-state index contributed by atoms with van der Waals surface area (Å²) in [4.78, 5) is 2.41. The van der Waals surface area contributed by atoms with Crippen LogP contribution in [0.1, 0.15) is 34.1 Å². The molecule has 0 spiro atoms. The van der Waals surface area contributed by atoms with E-state index in [0.717, 1.165) is 19.6 Å². The van der Waals surface area contributed by atoms with Crippen molar-refractivity contribution in [1.82, 2.24) is 10.2 Å².